The molecule has 4 N–H and O–H groups in total. The summed E-state index contributed by atoms with van der Waals surface area (Å²) in [5.41, 5.74) is 9.68. The van der Waals surface area contributed by atoms with E-state index in [0.29, 0.717) is 11.6 Å². The van der Waals surface area contributed by atoms with E-state index in [1.807, 2.05) is 34.9 Å². The van der Waals surface area contributed by atoms with Crippen LogP contribution in [0.4, 0.5) is 10.2 Å². The van der Waals surface area contributed by atoms with Crippen LogP contribution in [0.5, 0.6) is 5.75 Å². The van der Waals surface area contributed by atoms with Gasteiger partial charge in [-0.15, -0.1) is 0 Å². The maximum absolute atomic E-state index is 13.7. The number of amides is 2. The van der Waals surface area contributed by atoms with Crippen molar-refractivity contribution in [1.82, 2.24) is 25.0 Å². The Labute approximate surface area is 225 Å². The molecule has 0 spiro atoms. The van der Waals surface area contributed by atoms with Crippen molar-refractivity contribution in [2.24, 2.45) is 5.92 Å². The topological polar surface area (TPSA) is 124 Å². The number of aromatic nitrogens is 3. The summed E-state index contributed by atoms with van der Waals surface area (Å²) in [6.07, 6.45) is 6.93. The highest BCUT2D eigenvalue weighted by Crippen LogP contribution is 2.38. The van der Waals surface area contributed by atoms with Crippen LogP contribution in [0.15, 0.2) is 54.9 Å². The first-order valence-electron chi connectivity index (χ1n) is 12.9. The van der Waals surface area contributed by atoms with E-state index in [0.717, 1.165) is 59.9 Å². The van der Waals surface area contributed by atoms with Gasteiger partial charge in [0, 0.05) is 43.4 Å². The lowest BCUT2D eigenvalue weighted by Gasteiger charge is -2.26. The molecule has 0 bridgehead atoms. The summed E-state index contributed by atoms with van der Waals surface area (Å²) in [5, 5.41) is 5.57. The monoisotopic (exact) mass is 530 g/mol. The molecule has 0 radical (unpaired) electrons. The number of nitrogen functional groups attached to an aromatic ring is 1. The third-order valence-electron chi connectivity index (χ3n) is 7.41. The molecule has 2 aromatic carbocycles. The molecule has 0 saturated heterocycles. The van der Waals surface area contributed by atoms with Gasteiger partial charge in [-0.1, -0.05) is 24.3 Å². The van der Waals surface area contributed by atoms with Crippen molar-refractivity contribution >= 4 is 23.1 Å². The molecule has 4 aromatic rings. The zero-order chi connectivity index (χ0) is 27.5. The first-order chi connectivity index (χ1) is 18.9. The summed E-state index contributed by atoms with van der Waals surface area (Å²) in [4.78, 5) is 34.0. The molecule has 1 fully saturated rings. The van der Waals surface area contributed by atoms with Crippen LogP contribution in [0.1, 0.15) is 53.3 Å². The highest BCUT2D eigenvalue weighted by Gasteiger charge is 2.30. The summed E-state index contributed by atoms with van der Waals surface area (Å²) in [6, 6.07) is 11.5. The Kier molecular flexibility index (Phi) is 7.44. The number of nitrogens with zero attached hydrogens (tertiary/aromatic N) is 3. The number of nitrogens with two attached hydrogens (primary N) is 1. The Morgan fingerprint density at radius 1 is 1.13 bits per heavy atom. The van der Waals surface area contributed by atoms with Crippen LogP contribution in [-0.4, -0.2) is 40.3 Å². The number of methoxy groups -OCH3 is 1. The van der Waals surface area contributed by atoms with E-state index >= 15 is 0 Å². The second kappa shape index (κ2) is 11.1. The Morgan fingerprint density at radius 3 is 2.56 bits per heavy atom. The molecule has 2 aromatic heterocycles. The third kappa shape index (κ3) is 5.27. The van der Waals surface area contributed by atoms with E-state index in [1.54, 1.807) is 13.2 Å². The largest absolute Gasteiger partial charge is 0.496 e. The van der Waals surface area contributed by atoms with E-state index in [9.17, 15) is 14.0 Å². The summed E-state index contributed by atoms with van der Waals surface area (Å²) >= 11 is 0. The van der Waals surface area contributed by atoms with Gasteiger partial charge in [0.2, 0.25) is 5.91 Å². The zero-order valence-electron chi connectivity index (χ0n) is 21.9. The maximum Gasteiger partial charge on any atom is 0.255 e. The van der Waals surface area contributed by atoms with Gasteiger partial charge in [-0.25, -0.2) is 14.4 Å². The SMILES string of the molecule is CNC(=O)[C@H]1CC[C@H](c2nc(-c3ccc(CNC(=O)c4cc(F)ccc4OC)cc3)c3c(N)nccn32)CC1. The van der Waals surface area contributed by atoms with Gasteiger partial charge in [0.15, 0.2) is 0 Å². The molecule has 0 atom stereocenters. The van der Waals surface area contributed by atoms with Crippen molar-refractivity contribution in [3.63, 3.8) is 0 Å². The smallest absolute Gasteiger partial charge is 0.255 e. The number of nitrogens with one attached hydrogen (secondary N) is 2. The van der Waals surface area contributed by atoms with Crippen LogP contribution >= 0.6 is 0 Å². The average Bonchev–Trinajstić information content (AvgIpc) is 3.37. The Bertz CT molecular complexity index is 1510. The average molecular weight is 531 g/mol. The quantitative estimate of drug-likeness (QED) is 0.331. The summed E-state index contributed by atoms with van der Waals surface area (Å²) < 4.78 is 20.9. The molecular weight excluding hydrogens is 499 g/mol. The van der Waals surface area contributed by atoms with Crippen LogP contribution in [-0.2, 0) is 11.3 Å². The number of carbonyl (C=O) groups is 2. The van der Waals surface area contributed by atoms with Crippen molar-refractivity contribution < 1.29 is 18.7 Å². The number of benzene rings is 2. The van der Waals surface area contributed by atoms with Crippen molar-refractivity contribution in [2.45, 2.75) is 38.1 Å². The van der Waals surface area contributed by atoms with E-state index in [1.165, 1.54) is 19.2 Å². The predicted octanol–water partition coefficient (Wildman–Crippen LogP) is 4.08. The molecule has 2 amide bonds. The standard InChI is InChI=1S/C29H31FN6O3/c1-32-28(37)20-9-7-19(8-10-20)27-35-24(25-26(31)33-13-14-36(25)27)18-5-3-17(4-6-18)16-34-29(38)22-15-21(30)11-12-23(22)39-2/h3-6,11-15,19-20H,7-10,16H2,1-2H3,(H2,31,33)(H,32,37)(H,34,38)/t19-,20-. The van der Waals surface area contributed by atoms with E-state index in [4.69, 9.17) is 15.5 Å². The summed E-state index contributed by atoms with van der Waals surface area (Å²) in [6.45, 7) is 0.256. The number of hydrogen-bond donors (Lipinski definition) is 3. The van der Waals surface area contributed by atoms with Crippen molar-refractivity contribution in [3.8, 4) is 17.0 Å². The fourth-order valence-electron chi connectivity index (χ4n) is 5.31. The second-order valence-corrected chi connectivity index (χ2v) is 9.74. The molecule has 9 nitrogen and oxygen atoms in total. The van der Waals surface area contributed by atoms with Crippen molar-refractivity contribution in [3.05, 3.63) is 77.6 Å². The Hall–Kier alpha value is -4.47. The molecule has 39 heavy (non-hydrogen) atoms. The van der Waals surface area contributed by atoms with Gasteiger partial charge >= 0.3 is 0 Å². The molecule has 0 aliphatic heterocycles. The third-order valence-corrected chi connectivity index (χ3v) is 7.41. The minimum atomic E-state index is -0.509. The van der Waals surface area contributed by atoms with E-state index in [2.05, 4.69) is 15.6 Å². The molecule has 10 heteroatoms. The normalized spacial score (nSPS) is 17.1. The number of anilines is 1. The second-order valence-electron chi connectivity index (χ2n) is 9.74. The summed E-state index contributed by atoms with van der Waals surface area (Å²) in [7, 11) is 3.12. The van der Waals surface area contributed by atoms with Crippen LogP contribution < -0.4 is 21.1 Å². The minimum Gasteiger partial charge on any atom is -0.496 e. The molecular formula is C29H31FN6O3. The number of halogens is 1. The number of rotatable bonds is 7. The fraction of sp³-hybridized carbons (Fsp3) is 0.310. The molecule has 5 rings (SSSR count). The molecule has 2 heterocycles. The molecule has 1 aliphatic carbocycles. The van der Waals surface area contributed by atoms with Crippen LogP contribution in [0.3, 0.4) is 0 Å². The number of ether oxygens (including phenoxy) is 1. The fourth-order valence-corrected chi connectivity index (χ4v) is 5.31. The Morgan fingerprint density at radius 2 is 1.87 bits per heavy atom. The first kappa shape index (κ1) is 26.1. The Balaban J connectivity index is 1.35. The highest BCUT2D eigenvalue weighted by atomic mass is 19.1. The maximum atomic E-state index is 13.7. The number of hydrogen-bond acceptors (Lipinski definition) is 6. The van der Waals surface area contributed by atoms with Crippen LogP contribution in [0.25, 0.3) is 16.8 Å². The van der Waals surface area contributed by atoms with Gasteiger partial charge < -0.3 is 21.1 Å². The lowest BCUT2D eigenvalue weighted by Crippen LogP contribution is -2.30. The summed E-state index contributed by atoms with van der Waals surface area (Å²) in [5.74, 6) is 1.04. The highest BCUT2D eigenvalue weighted by molar-refractivity contribution is 5.97. The van der Waals surface area contributed by atoms with Crippen LogP contribution in [0, 0.1) is 11.7 Å². The van der Waals surface area contributed by atoms with E-state index in [-0.39, 0.29) is 29.9 Å². The molecule has 202 valence electrons. The van der Waals surface area contributed by atoms with E-state index < -0.39 is 11.7 Å². The van der Waals surface area contributed by atoms with Gasteiger partial charge in [0.05, 0.1) is 12.7 Å². The van der Waals surface area contributed by atoms with Gasteiger partial charge in [-0.05, 0) is 49.4 Å². The van der Waals surface area contributed by atoms with Crippen molar-refractivity contribution in [2.75, 3.05) is 19.9 Å². The molecule has 1 aliphatic rings. The first-order valence-corrected chi connectivity index (χ1v) is 12.9. The minimum absolute atomic E-state index is 0.0405. The number of imidazole rings is 1. The zero-order valence-corrected chi connectivity index (χ0v) is 21.9. The number of fused-ring (bicyclic) bond motifs is 1. The van der Waals surface area contributed by atoms with Gasteiger partial charge in [0.1, 0.15) is 34.4 Å². The van der Waals surface area contributed by atoms with Crippen LogP contribution in [0.2, 0.25) is 0 Å². The lowest BCUT2D eigenvalue weighted by molar-refractivity contribution is -0.125. The van der Waals surface area contributed by atoms with Gasteiger partial charge in [-0.2, -0.15) is 0 Å². The van der Waals surface area contributed by atoms with Gasteiger partial charge in [-0.3, -0.25) is 14.0 Å². The lowest BCUT2D eigenvalue weighted by atomic mass is 9.81. The predicted molar refractivity (Wildman–Crippen MR) is 146 cm³/mol. The van der Waals surface area contributed by atoms with Gasteiger partial charge in [0.25, 0.3) is 5.91 Å². The van der Waals surface area contributed by atoms with Crippen molar-refractivity contribution in [1.29, 1.82) is 0 Å². The molecule has 1 saturated carbocycles. The molecule has 0 unspecified atom stereocenters. The number of carbonyl (C=O) groups excluding carboxylic acids is 2.